The van der Waals surface area contributed by atoms with E-state index in [0.29, 0.717) is 5.76 Å². The lowest BCUT2D eigenvalue weighted by Gasteiger charge is -2.02. The molecule has 0 radical (unpaired) electrons. The average Bonchev–Trinajstić information content (AvgIpc) is 2.82. The van der Waals surface area contributed by atoms with Gasteiger partial charge >= 0.3 is 5.97 Å². The maximum atomic E-state index is 11.5. The third-order valence-corrected chi connectivity index (χ3v) is 1.92. The SMILES string of the molecule is COCc1cc(C(=O)NCC(=O)NCC(=O)O)no1. The minimum Gasteiger partial charge on any atom is -0.480 e. The number of nitrogens with one attached hydrogen (secondary N) is 2. The second kappa shape index (κ2) is 7.11. The van der Waals surface area contributed by atoms with Gasteiger partial charge in [-0.05, 0) is 0 Å². The molecule has 1 aromatic heterocycles. The zero-order valence-corrected chi connectivity index (χ0v) is 10.1. The summed E-state index contributed by atoms with van der Waals surface area (Å²) in [6, 6.07) is 1.38. The van der Waals surface area contributed by atoms with Gasteiger partial charge in [0.2, 0.25) is 5.91 Å². The molecule has 9 nitrogen and oxygen atoms in total. The summed E-state index contributed by atoms with van der Waals surface area (Å²) in [7, 11) is 1.47. The molecule has 9 heteroatoms. The van der Waals surface area contributed by atoms with Crippen LogP contribution in [0.5, 0.6) is 0 Å². The lowest BCUT2D eigenvalue weighted by atomic mass is 10.3. The van der Waals surface area contributed by atoms with Gasteiger partial charge in [-0.15, -0.1) is 0 Å². The van der Waals surface area contributed by atoms with Gasteiger partial charge in [0, 0.05) is 13.2 Å². The molecular weight excluding hydrogens is 258 g/mol. The lowest BCUT2D eigenvalue weighted by Crippen LogP contribution is -2.39. The van der Waals surface area contributed by atoms with Gasteiger partial charge in [-0.2, -0.15) is 0 Å². The minimum atomic E-state index is -1.17. The molecule has 1 heterocycles. The standard InChI is InChI=1S/C10H13N3O6/c1-18-5-6-2-7(13-19-6)10(17)12-3-8(14)11-4-9(15)16/h2H,3-5H2,1H3,(H,11,14)(H,12,17)(H,15,16). The van der Waals surface area contributed by atoms with Gasteiger partial charge in [0.15, 0.2) is 11.5 Å². The molecular formula is C10H13N3O6. The van der Waals surface area contributed by atoms with E-state index in [1.165, 1.54) is 13.2 Å². The molecule has 1 aromatic rings. The number of rotatable bonds is 7. The van der Waals surface area contributed by atoms with Crippen LogP contribution in [0.3, 0.4) is 0 Å². The molecule has 1 rings (SSSR count). The summed E-state index contributed by atoms with van der Waals surface area (Å²) in [6.45, 7) is -0.672. The molecule has 0 aliphatic heterocycles. The van der Waals surface area contributed by atoms with Crippen molar-refractivity contribution >= 4 is 17.8 Å². The summed E-state index contributed by atoms with van der Waals surface area (Å²) in [5.41, 5.74) is 0.0121. The quantitative estimate of drug-likeness (QED) is 0.564. The van der Waals surface area contributed by atoms with Gasteiger partial charge in [-0.1, -0.05) is 5.16 Å². The Kier molecular flexibility index (Phi) is 5.48. The normalized spacial score (nSPS) is 9.95. The highest BCUT2D eigenvalue weighted by Gasteiger charge is 2.13. The van der Waals surface area contributed by atoms with Crippen molar-refractivity contribution < 1.29 is 28.8 Å². The van der Waals surface area contributed by atoms with Gasteiger partial charge in [0.05, 0.1) is 6.54 Å². The zero-order chi connectivity index (χ0) is 14.3. The number of carboxylic acids is 1. The first-order valence-electron chi connectivity index (χ1n) is 5.24. The Hall–Kier alpha value is -2.42. The van der Waals surface area contributed by atoms with Crippen molar-refractivity contribution in [2.45, 2.75) is 6.61 Å². The first-order valence-corrected chi connectivity index (χ1v) is 5.24. The Morgan fingerprint density at radius 3 is 2.74 bits per heavy atom. The average molecular weight is 271 g/mol. The molecule has 0 atom stereocenters. The van der Waals surface area contributed by atoms with Crippen LogP contribution in [0.1, 0.15) is 16.2 Å². The largest absolute Gasteiger partial charge is 0.480 e. The highest BCUT2D eigenvalue weighted by atomic mass is 16.5. The molecule has 0 bridgehead atoms. The van der Waals surface area contributed by atoms with Crippen molar-refractivity contribution in [3.05, 3.63) is 17.5 Å². The number of carboxylic acid groups (broad SMARTS) is 1. The van der Waals surface area contributed by atoms with Crippen LogP contribution >= 0.6 is 0 Å². The van der Waals surface area contributed by atoms with Gasteiger partial charge in [0.25, 0.3) is 5.91 Å². The summed E-state index contributed by atoms with van der Waals surface area (Å²) >= 11 is 0. The number of hydrogen-bond acceptors (Lipinski definition) is 6. The lowest BCUT2D eigenvalue weighted by molar-refractivity contribution is -0.137. The molecule has 0 saturated carbocycles. The Morgan fingerprint density at radius 2 is 2.11 bits per heavy atom. The van der Waals surface area contributed by atoms with Crippen LogP contribution in [0.4, 0.5) is 0 Å². The fraction of sp³-hybridized carbons (Fsp3) is 0.400. The van der Waals surface area contributed by atoms with Crippen molar-refractivity contribution in [1.82, 2.24) is 15.8 Å². The number of ether oxygens (including phenoxy) is 1. The number of amides is 2. The third-order valence-electron chi connectivity index (χ3n) is 1.92. The van der Waals surface area contributed by atoms with Crippen molar-refractivity contribution in [2.75, 3.05) is 20.2 Å². The number of aromatic nitrogens is 1. The van der Waals surface area contributed by atoms with Crippen LogP contribution in [0.2, 0.25) is 0 Å². The summed E-state index contributed by atoms with van der Waals surface area (Å²) < 4.78 is 9.59. The van der Waals surface area contributed by atoms with E-state index in [-0.39, 0.29) is 18.8 Å². The van der Waals surface area contributed by atoms with Gasteiger partial charge in [-0.25, -0.2) is 0 Å². The van der Waals surface area contributed by atoms with E-state index in [2.05, 4.69) is 15.8 Å². The van der Waals surface area contributed by atoms with E-state index in [1.807, 2.05) is 0 Å². The van der Waals surface area contributed by atoms with E-state index >= 15 is 0 Å². The van der Waals surface area contributed by atoms with Crippen LogP contribution in [-0.4, -0.2) is 48.2 Å². The van der Waals surface area contributed by atoms with Gasteiger partial charge < -0.3 is 25.0 Å². The summed E-state index contributed by atoms with van der Waals surface area (Å²) in [4.78, 5) is 32.9. The number of methoxy groups -OCH3 is 1. The van der Waals surface area contributed by atoms with E-state index in [0.717, 1.165) is 0 Å². The third kappa shape index (κ3) is 5.17. The summed E-state index contributed by atoms with van der Waals surface area (Å²) in [5.74, 6) is -2.00. The van der Waals surface area contributed by atoms with E-state index in [1.54, 1.807) is 0 Å². The van der Waals surface area contributed by atoms with E-state index < -0.39 is 24.3 Å². The number of carbonyl (C=O) groups excluding carboxylic acids is 2. The summed E-state index contributed by atoms with van der Waals surface area (Å²) in [5, 5.41) is 16.2. The van der Waals surface area contributed by atoms with Crippen LogP contribution < -0.4 is 10.6 Å². The topological polar surface area (TPSA) is 131 Å². The highest BCUT2D eigenvalue weighted by molar-refractivity contribution is 5.95. The number of hydrogen-bond donors (Lipinski definition) is 3. The van der Waals surface area contributed by atoms with Crippen LogP contribution in [0.25, 0.3) is 0 Å². The Morgan fingerprint density at radius 1 is 1.37 bits per heavy atom. The summed E-state index contributed by atoms with van der Waals surface area (Å²) in [6.07, 6.45) is 0. The molecule has 0 saturated heterocycles. The fourth-order valence-electron chi connectivity index (χ4n) is 1.12. The van der Waals surface area contributed by atoms with Crippen molar-refractivity contribution in [3.63, 3.8) is 0 Å². The Bertz CT molecular complexity index is 470. The Labute approximate surface area is 107 Å². The van der Waals surface area contributed by atoms with Gasteiger partial charge in [-0.3, -0.25) is 14.4 Å². The first kappa shape index (κ1) is 14.6. The zero-order valence-electron chi connectivity index (χ0n) is 10.1. The van der Waals surface area contributed by atoms with Crippen molar-refractivity contribution in [2.24, 2.45) is 0 Å². The monoisotopic (exact) mass is 271 g/mol. The second-order valence-corrected chi connectivity index (χ2v) is 3.46. The molecule has 104 valence electrons. The maximum absolute atomic E-state index is 11.5. The molecule has 3 N–H and O–H groups in total. The van der Waals surface area contributed by atoms with Crippen LogP contribution in [0.15, 0.2) is 10.6 Å². The van der Waals surface area contributed by atoms with Gasteiger partial charge in [0.1, 0.15) is 13.2 Å². The number of nitrogens with zero attached hydrogens (tertiary/aromatic N) is 1. The molecule has 0 unspecified atom stereocenters. The van der Waals surface area contributed by atoms with Crippen LogP contribution in [0, 0.1) is 0 Å². The smallest absolute Gasteiger partial charge is 0.322 e. The maximum Gasteiger partial charge on any atom is 0.322 e. The molecule has 0 aliphatic carbocycles. The highest BCUT2D eigenvalue weighted by Crippen LogP contribution is 2.04. The number of aliphatic carboxylic acids is 1. The van der Waals surface area contributed by atoms with Crippen LogP contribution in [-0.2, 0) is 20.9 Å². The molecule has 0 fully saturated rings. The predicted molar refractivity (Wildman–Crippen MR) is 60.2 cm³/mol. The minimum absolute atomic E-state index is 0.0121. The predicted octanol–water partition coefficient (Wildman–Crippen LogP) is -1.25. The molecule has 0 spiro atoms. The van der Waals surface area contributed by atoms with Crippen molar-refractivity contribution in [1.29, 1.82) is 0 Å². The van der Waals surface area contributed by atoms with E-state index in [4.69, 9.17) is 14.4 Å². The molecule has 0 aromatic carbocycles. The molecule has 0 aliphatic rings. The Balaban J connectivity index is 2.37. The first-order chi connectivity index (χ1) is 9.02. The van der Waals surface area contributed by atoms with E-state index in [9.17, 15) is 14.4 Å². The fourth-order valence-corrected chi connectivity index (χ4v) is 1.12. The number of carbonyl (C=O) groups is 3. The molecule has 2 amide bonds. The molecule has 19 heavy (non-hydrogen) atoms. The second-order valence-electron chi connectivity index (χ2n) is 3.46. The van der Waals surface area contributed by atoms with Crippen molar-refractivity contribution in [3.8, 4) is 0 Å².